The van der Waals surface area contributed by atoms with Crippen molar-refractivity contribution in [2.24, 2.45) is 0 Å². The Bertz CT molecular complexity index is 317. The molecule has 5 nitrogen and oxygen atoms in total. The molecule has 1 atom stereocenters. The maximum Gasteiger partial charge on any atom is 0.236 e. The first-order chi connectivity index (χ1) is 10.2. The predicted octanol–water partition coefficient (Wildman–Crippen LogP) is 2.49. The van der Waals surface area contributed by atoms with Gasteiger partial charge < -0.3 is 20.1 Å². The highest BCUT2D eigenvalue weighted by Gasteiger charge is 2.23. The highest BCUT2D eigenvalue weighted by molar-refractivity contribution is 5.81. The summed E-state index contributed by atoms with van der Waals surface area (Å²) in [6.45, 7) is 11.8. The molecule has 0 fully saturated rings. The molecule has 0 aliphatic rings. The van der Waals surface area contributed by atoms with E-state index in [2.05, 4.69) is 45.3 Å². The molecule has 0 saturated carbocycles. The second kappa shape index (κ2) is 10.2. The summed E-state index contributed by atoms with van der Waals surface area (Å²) in [4.78, 5) is 11.8. The van der Waals surface area contributed by atoms with Crippen LogP contribution in [0.1, 0.15) is 60.3 Å². The van der Waals surface area contributed by atoms with Gasteiger partial charge in [-0.15, -0.1) is 0 Å². The Hall–Kier alpha value is -0.650. The largest absolute Gasteiger partial charge is 0.379 e. The summed E-state index contributed by atoms with van der Waals surface area (Å²) in [6, 6.07) is -0.113. The lowest BCUT2D eigenvalue weighted by atomic mass is 10.0. The molecule has 0 aromatic rings. The Balaban J connectivity index is 4.12. The third-order valence-electron chi connectivity index (χ3n) is 4.01. The van der Waals surface area contributed by atoms with E-state index in [0.717, 1.165) is 32.2 Å². The van der Waals surface area contributed by atoms with Gasteiger partial charge in [0.1, 0.15) is 0 Å². The van der Waals surface area contributed by atoms with E-state index in [-0.39, 0.29) is 23.2 Å². The van der Waals surface area contributed by atoms with Crippen molar-refractivity contribution in [2.45, 2.75) is 77.5 Å². The minimum Gasteiger partial charge on any atom is -0.379 e. The highest BCUT2D eigenvalue weighted by atomic mass is 16.5. The molecule has 5 heteroatoms. The molecule has 0 aromatic carbocycles. The number of rotatable bonds is 12. The summed E-state index contributed by atoms with van der Waals surface area (Å²) < 4.78 is 11.4. The predicted molar refractivity (Wildman–Crippen MR) is 91.1 cm³/mol. The summed E-state index contributed by atoms with van der Waals surface area (Å²) in [5, 5.41) is 6.04. The monoisotopic (exact) mass is 316 g/mol. The molecular weight excluding hydrogens is 280 g/mol. The molecule has 0 aromatic heterocycles. The number of amides is 1. The van der Waals surface area contributed by atoms with Gasteiger partial charge in [-0.25, -0.2) is 0 Å². The fourth-order valence-electron chi connectivity index (χ4n) is 2.08. The summed E-state index contributed by atoms with van der Waals surface area (Å²) in [5.74, 6) is 0.0578. The van der Waals surface area contributed by atoms with Crippen molar-refractivity contribution in [3.63, 3.8) is 0 Å². The average molecular weight is 316 g/mol. The van der Waals surface area contributed by atoms with Crippen LogP contribution < -0.4 is 10.6 Å². The van der Waals surface area contributed by atoms with Crippen LogP contribution in [0.4, 0.5) is 0 Å². The van der Waals surface area contributed by atoms with Crippen molar-refractivity contribution in [1.82, 2.24) is 10.6 Å². The Morgan fingerprint density at radius 3 is 2.27 bits per heavy atom. The number of methoxy groups -OCH3 is 1. The zero-order valence-electron chi connectivity index (χ0n) is 15.5. The highest BCUT2D eigenvalue weighted by Crippen LogP contribution is 2.18. The number of carbonyl (C=O) groups is 1. The van der Waals surface area contributed by atoms with Gasteiger partial charge in [-0.05, 0) is 53.5 Å². The SMILES string of the molecule is CCCC(NCCC(C)(C)OCCC(C)(C)OC)C(=O)NC. The molecule has 1 unspecified atom stereocenters. The van der Waals surface area contributed by atoms with E-state index >= 15 is 0 Å². The van der Waals surface area contributed by atoms with Gasteiger partial charge in [0.15, 0.2) is 0 Å². The van der Waals surface area contributed by atoms with Crippen molar-refractivity contribution in [3.8, 4) is 0 Å². The number of hydrogen-bond acceptors (Lipinski definition) is 4. The van der Waals surface area contributed by atoms with E-state index in [1.807, 2.05) is 0 Å². The third kappa shape index (κ3) is 9.38. The second-order valence-corrected chi connectivity index (χ2v) is 6.98. The molecule has 2 N–H and O–H groups in total. The first-order valence-electron chi connectivity index (χ1n) is 8.31. The molecule has 132 valence electrons. The maximum absolute atomic E-state index is 11.8. The fourth-order valence-corrected chi connectivity index (χ4v) is 2.08. The van der Waals surface area contributed by atoms with Crippen molar-refractivity contribution in [2.75, 3.05) is 27.3 Å². The standard InChI is InChI=1S/C17H36N2O3/c1-8-9-14(15(20)18-6)19-12-10-17(4,5)22-13-11-16(2,3)21-7/h14,19H,8-13H2,1-7H3,(H,18,20). The van der Waals surface area contributed by atoms with Crippen LogP contribution in [0.5, 0.6) is 0 Å². The van der Waals surface area contributed by atoms with Gasteiger partial charge in [0.25, 0.3) is 0 Å². The summed E-state index contributed by atoms with van der Waals surface area (Å²) >= 11 is 0. The normalized spacial score (nSPS) is 14.0. The van der Waals surface area contributed by atoms with Gasteiger partial charge >= 0.3 is 0 Å². The molecule has 0 bridgehead atoms. The number of likely N-dealkylation sites (N-methyl/N-ethyl adjacent to an activating group) is 1. The van der Waals surface area contributed by atoms with E-state index in [1.165, 1.54) is 0 Å². The molecule has 0 heterocycles. The Kier molecular flexibility index (Phi) is 9.89. The van der Waals surface area contributed by atoms with E-state index in [0.29, 0.717) is 6.61 Å². The van der Waals surface area contributed by atoms with Crippen molar-refractivity contribution >= 4 is 5.91 Å². The van der Waals surface area contributed by atoms with E-state index in [4.69, 9.17) is 9.47 Å². The average Bonchev–Trinajstić information content (AvgIpc) is 2.45. The quantitative estimate of drug-likeness (QED) is 0.581. The van der Waals surface area contributed by atoms with Crippen LogP contribution in [-0.4, -0.2) is 50.5 Å². The van der Waals surface area contributed by atoms with Gasteiger partial charge in [-0.2, -0.15) is 0 Å². The summed E-state index contributed by atoms with van der Waals surface area (Å²) in [6.07, 6.45) is 3.55. The summed E-state index contributed by atoms with van der Waals surface area (Å²) in [5.41, 5.74) is -0.365. The molecule has 1 amide bonds. The number of ether oxygens (including phenoxy) is 2. The minimum atomic E-state index is -0.212. The van der Waals surface area contributed by atoms with Gasteiger partial charge in [-0.3, -0.25) is 4.79 Å². The molecule has 0 saturated heterocycles. The van der Waals surface area contributed by atoms with Gasteiger partial charge in [0.2, 0.25) is 5.91 Å². The topological polar surface area (TPSA) is 59.6 Å². The molecule has 0 radical (unpaired) electrons. The zero-order chi connectivity index (χ0) is 17.2. The van der Waals surface area contributed by atoms with Crippen LogP contribution in [0.15, 0.2) is 0 Å². The molecule has 0 rings (SSSR count). The van der Waals surface area contributed by atoms with E-state index < -0.39 is 0 Å². The molecule has 22 heavy (non-hydrogen) atoms. The Morgan fingerprint density at radius 1 is 1.14 bits per heavy atom. The number of hydrogen-bond donors (Lipinski definition) is 2. The van der Waals surface area contributed by atoms with Crippen LogP contribution >= 0.6 is 0 Å². The van der Waals surface area contributed by atoms with Crippen LogP contribution in [0, 0.1) is 0 Å². The minimum absolute atomic E-state index is 0.0578. The lowest BCUT2D eigenvalue weighted by molar-refractivity contribution is -0.123. The lowest BCUT2D eigenvalue weighted by Crippen LogP contribution is -2.44. The van der Waals surface area contributed by atoms with Crippen molar-refractivity contribution in [3.05, 3.63) is 0 Å². The fraction of sp³-hybridized carbons (Fsp3) is 0.941. The Morgan fingerprint density at radius 2 is 1.77 bits per heavy atom. The first kappa shape index (κ1) is 21.4. The van der Waals surface area contributed by atoms with Crippen LogP contribution in [0.2, 0.25) is 0 Å². The van der Waals surface area contributed by atoms with Crippen LogP contribution in [-0.2, 0) is 14.3 Å². The Labute approximate surface area is 136 Å². The second-order valence-electron chi connectivity index (χ2n) is 6.98. The van der Waals surface area contributed by atoms with Crippen LogP contribution in [0.3, 0.4) is 0 Å². The van der Waals surface area contributed by atoms with E-state index in [1.54, 1.807) is 14.2 Å². The van der Waals surface area contributed by atoms with Gasteiger partial charge in [0, 0.05) is 14.2 Å². The first-order valence-corrected chi connectivity index (χ1v) is 8.31. The third-order valence-corrected chi connectivity index (χ3v) is 4.01. The van der Waals surface area contributed by atoms with Crippen LogP contribution in [0.25, 0.3) is 0 Å². The van der Waals surface area contributed by atoms with Gasteiger partial charge in [0.05, 0.1) is 23.9 Å². The molecular formula is C17H36N2O3. The number of carbonyl (C=O) groups excluding carboxylic acids is 1. The zero-order valence-corrected chi connectivity index (χ0v) is 15.5. The maximum atomic E-state index is 11.8. The van der Waals surface area contributed by atoms with Gasteiger partial charge in [-0.1, -0.05) is 13.3 Å². The lowest BCUT2D eigenvalue weighted by Gasteiger charge is -2.29. The van der Waals surface area contributed by atoms with E-state index in [9.17, 15) is 4.79 Å². The summed E-state index contributed by atoms with van der Waals surface area (Å²) in [7, 11) is 3.40. The van der Waals surface area contributed by atoms with Crippen molar-refractivity contribution in [1.29, 1.82) is 0 Å². The molecule has 0 spiro atoms. The smallest absolute Gasteiger partial charge is 0.236 e. The number of nitrogens with one attached hydrogen (secondary N) is 2. The molecule has 0 aliphatic carbocycles. The molecule has 0 aliphatic heterocycles. The van der Waals surface area contributed by atoms with Crippen molar-refractivity contribution < 1.29 is 14.3 Å².